The molecule has 4 rings (SSSR count). The van der Waals surface area contributed by atoms with E-state index < -0.39 is 51.8 Å². The van der Waals surface area contributed by atoms with Gasteiger partial charge in [-0.3, -0.25) is 9.52 Å². The molecule has 0 spiro atoms. The smallest absolute Gasteiger partial charge is 0.423 e. The maximum atomic E-state index is 13.9. The number of aryl methyl sites for hydroxylation is 1. The quantitative estimate of drug-likeness (QED) is 0.555. The zero-order valence-corrected chi connectivity index (χ0v) is 17.8. The van der Waals surface area contributed by atoms with Gasteiger partial charge in [-0.15, -0.1) is 0 Å². The first-order valence-electron chi connectivity index (χ1n) is 9.57. The van der Waals surface area contributed by atoms with E-state index in [-0.39, 0.29) is 24.1 Å². The Morgan fingerprint density at radius 1 is 1.21 bits per heavy atom. The topological polar surface area (TPSA) is 106 Å². The van der Waals surface area contributed by atoms with Crippen molar-refractivity contribution in [1.82, 2.24) is 18.8 Å². The third-order valence-electron chi connectivity index (χ3n) is 4.98. The van der Waals surface area contributed by atoms with Gasteiger partial charge in [-0.1, -0.05) is 0 Å². The number of rotatable bonds is 5. The highest BCUT2D eigenvalue weighted by atomic mass is 32.2. The standard InChI is InChI=1S/C19H17F4N5O4S/c1-27-10-25-14-3-2-12(8-13(14)18(27)29)32-17-16(19(21,22)23)15(4-6-24-17)26-33(30,31)28-7-5-11(20)9-28/h2-4,6,8,10-11H,5,7,9H2,1H3,(H,24,26)/t11-/m1/s1. The Morgan fingerprint density at radius 2 is 1.97 bits per heavy atom. The SMILES string of the molecule is Cn1cnc2ccc(Oc3nccc(NS(=O)(=O)N4CC[C@@H](F)C4)c3C(F)(F)F)cc2c1=O. The Hall–Kier alpha value is -3.26. The Kier molecular flexibility index (Phi) is 5.74. The molecule has 0 amide bonds. The van der Waals surface area contributed by atoms with E-state index in [1.807, 2.05) is 4.72 Å². The van der Waals surface area contributed by atoms with Crippen molar-refractivity contribution in [3.8, 4) is 11.6 Å². The number of nitrogens with zero attached hydrogens (tertiary/aromatic N) is 4. The van der Waals surface area contributed by atoms with E-state index in [1.54, 1.807) is 0 Å². The van der Waals surface area contributed by atoms with E-state index >= 15 is 0 Å². The van der Waals surface area contributed by atoms with Gasteiger partial charge in [0.1, 0.15) is 17.5 Å². The van der Waals surface area contributed by atoms with Crippen LogP contribution in [0.3, 0.4) is 0 Å². The molecule has 1 fully saturated rings. The van der Waals surface area contributed by atoms with Gasteiger partial charge in [0.15, 0.2) is 0 Å². The number of hydrogen-bond acceptors (Lipinski definition) is 6. The number of halogens is 4. The van der Waals surface area contributed by atoms with Gasteiger partial charge < -0.3 is 9.30 Å². The molecular weight excluding hydrogens is 470 g/mol. The van der Waals surface area contributed by atoms with Gasteiger partial charge in [-0.2, -0.15) is 25.9 Å². The molecule has 3 aromatic rings. The molecule has 1 saturated heterocycles. The summed E-state index contributed by atoms with van der Waals surface area (Å²) in [7, 11) is -2.98. The molecule has 1 atom stereocenters. The average molecular weight is 487 g/mol. The average Bonchev–Trinajstić information content (AvgIpc) is 3.17. The molecule has 2 aromatic heterocycles. The molecule has 176 valence electrons. The first-order valence-corrected chi connectivity index (χ1v) is 11.0. The second kappa shape index (κ2) is 8.26. The van der Waals surface area contributed by atoms with E-state index in [0.29, 0.717) is 5.52 Å². The molecule has 0 aliphatic carbocycles. The molecule has 1 N–H and O–H groups in total. The lowest BCUT2D eigenvalue weighted by Crippen LogP contribution is -2.35. The number of hydrogen-bond donors (Lipinski definition) is 1. The van der Waals surface area contributed by atoms with Crippen LogP contribution < -0.4 is 15.0 Å². The fourth-order valence-electron chi connectivity index (χ4n) is 3.35. The Morgan fingerprint density at radius 3 is 2.64 bits per heavy atom. The molecule has 1 aliphatic heterocycles. The van der Waals surface area contributed by atoms with Crippen LogP contribution in [0.2, 0.25) is 0 Å². The van der Waals surface area contributed by atoms with Gasteiger partial charge in [0.25, 0.3) is 5.56 Å². The van der Waals surface area contributed by atoms with E-state index in [2.05, 4.69) is 9.97 Å². The number of anilines is 1. The third kappa shape index (κ3) is 4.61. The summed E-state index contributed by atoms with van der Waals surface area (Å²) in [6, 6.07) is 4.75. The predicted molar refractivity (Wildman–Crippen MR) is 110 cm³/mol. The van der Waals surface area contributed by atoms with Crippen molar-refractivity contribution in [3.05, 3.63) is 52.7 Å². The maximum absolute atomic E-state index is 13.9. The number of benzene rings is 1. The molecule has 0 bridgehead atoms. The fourth-order valence-corrected chi connectivity index (χ4v) is 4.63. The van der Waals surface area contributed by atoms with Crippen LogP contribution in [0.15, 0.2) is 41.6 Å². The largest absolute Gasteiger partial charge is 0.438 e. The highest BCUT2D eigenvalue weighted by Crippen LogP contribution is 2.42. The second-order valence-electron chi connectivity index (χ2n) is 7.33. The molecule has 0 radical (unpaired) electrons. The fraction of sp³-hybridized carbons (Fsp3) is 0.316. The number of alkyl halides is 4. The summed E-state index contributed by atoms with van der Waals surface area (Å²) in [6.45, 7) is -0.614. The lowest BCUT2D eigenvalue weighted by Gasteiger charge is -2.21. The van der Waals surface area contributed by atoms with Crippen molar-refractivity contribution in [2.24, 2.45) is 7.05 Å². The van der Waals surface area contributed by atoms with E-state index in [0.717, 1.165) is 16.6 Å². The van der Waals surface area contributed by atoms with Crippen molar-refractivity contribution in [2.75, 3.05) is 17.8 Å². The minimum absolute atomic E-state index is 0.0476. The van der Waals surface area contributed by atoms with Gasteiger partial charge in [0.2, 0.25) is 5.88 Å². The van der Waals surface area contributed by atoms with Crippen molar-refractivity contribution in [2.45, 2.75) is 18.8 Å². The highest BCUT2D eigenvalue weighted by Gasteiger charge is 2.41. The zero-order chi connectivity index (χ0) is 24.0. The lowest BCUT2D eigenvalue weighted by molar-refractivity contribution is -0.138. The van der Waals surface area contributed by atoms with Crippen LogP contribution in [-0.2, 0) is 23.4 Å². The molecule has 1 aromatic carbocycles. The lowest BCUT2D eigenvalue weighted by atomic mass is 10.2. The number of nitrogens with one attached hydrogen (secondary N) is 1. The molecule has 33 heavy (non-hydrogen) atoms. The minimum Gasteiger partial charge on any atom is -0.438 e. The van der Waals surface area contributed by atoms with Gasteiger partial charge >= 0.3 is 16.4 Å². The first-order chi connectivity index (χ1) is 15.5. The van der Waals surface area contributed by atoms with Crippen LogP contribution in [-0.4, -0.2) is 46.5 Å². The summed E-state index contributed by atoms with van der Waals surface area (Å²) in [5.41, 5.74) is -2.42. The summed E-state index contributed by atoms with van der Waals surface area (Å²) in [5, 5.41) is 0.109. The second-order valence-corrected chi connectivity index (χ2v) is 9.00. The van der Waals surface area contributed by atoms with Crippen LogP contribution in [0, 0.1) is 0 Å². The Bertz CT molecular complexity index is 1380. The summed E-state index contributed by atoms with van der Waals surface area (Å²) in [6.07, 6.45) is -4.26. The molecule has 9 nitrogen and oxygen atoms in total. The summed E-state index contributed by atoms with van der Waals surface area (Å²) in [4.78, 5) is 19.9. The van der Waals surface area contributed by atoms with Crippen LogP contribution in [0.1, 0.15) is 12.0 Å². The van der Waals surface area contributed by atoms with Crippen LogP contribution >= 0.6 is 0 Å². The molecule has 0 saturated carbocycles. The predicted octanol–water partition coefficient (Wildman–Crippen LogP) is 2.84. The Labute approximate surface area is 184 Å². The monoisotopic (exact) mass is 487 g/mol. The molecular formula is C19H17F4N5O4S. The Balaban J connectivity index is 1.73. The number of pyridine rings is 1. The van der Waals surface area contributed by atoms with E-state index in [1.165, 1.54) is 36.1 Å². The van der Waals surface area contributed by atoms with Crippen LogP contribution in [0.25, 0.3) is 10.9 Å². The van der Waals surface area contributed by atoms with Crippen LogP contribution in [0.4, 0.5) is 23.2 Å². The van der Waals surface area contributed by atoms with Gasteiger partial charge in [-0.25, -0.2) is 14.4 Å². The van der Waals surface area contributed by atoms with Crippen molar-refractivity contribution < 1.29 is 30.7 Å². The number of ether oxygens (including phenoxy) is 1. The summed E-state index contributed by atoms with van der Waals surface area (Å²) >= 11 is 0. The molecule has 14 heteroatoms. The highest BCUT2D eigenvalue weighted by molar-refractivity contribution is 7.90. The number of fused-ring (bicyclic) bond motifs is 1. The molecule has 1 aliphatic rings. The van der Waals surface area contributed by atoms with Gasteiger partial charge in [-0.05, 0) is 30.7 Å². The summed E-state index contributed by atoms with van der Waals surface area (Å²) < 4.78 is 89.2. The summed E-state index contributed by atoms with van der Waals surface area (Å²) in [5.74, 6) is -1.06. The van der Waals surface area contributed by atoms with E-state index in [9.17, 15) is 30.8 Å². The van der Waals surface area contributed by atoms with Gasteiger partial charge in [0.05, 0.1) is 22.9 Å². The zero-order valence-electron chi connectivity index (χ0n) is 17.0. The van der Waals surface area contributed by atoms with Crippen LogP contribution in [0.5, 0.6) is 11.6 Å². The maximum Gasteiger partial charge on any atom is 0.423 e. The molecule has 0 unspecified atom stereocenters. The normalized spacial score (nSPS) is 17.4. The van der Waals surface area contributed by atoms with Crippen molar-refractivity contribution in [3.63, 3.8) is 0 Å². The van der Waals surface area contributed by atoms with Crippen molar-refractivity contribution >= 4 is 26.8 Å². The number of aromatic nitrogens is 3. The van der Waals surface area contributed by atoms with Crippen molar-refractivity contribution in [1.29, 1.82) is 0 Å². The van der Waals surface area contributed by atoms with E-state index in [4.69, 9.17) is 4.74 Å². The first kappa shape index (κ1) is 22.9. The third-order valence-corrected chi connectivity index (χ3v) is 6.46. The molecule has 3 heterocycles. The van der Waals surface area contributed by atoms with Gasteiger partial charge in [0, 0.05) is 26.3 Å². The minimum atomic E-state index is -5.05.